The van der Waals surface area contributed by atoms with E-state index in [2.05, 4.69) is 15.6 Å². The molecule has 0 aliphatic heterocycles. The summed E-state index contributed by atoms with van der Waals surface area (Å²) < 4.78 is 6.21. The van der Waals surface area contributed by atoms with Gasteiger partial charge in [0, 0.05) is 5.69 Å². The molecule has 3 rings (SSSR count). The van der Waals surface area contributed by atoms with E-state index in [1.807, 2.05) is 0 Å². The molecule has 7 nitrogen and oxygen atoms in total. The summed E-state index contributed by atoms with van der Waals surface area (Å²) in [4.78, 5) is 25.4. The minimum absolute atomic E-state index is 0.356. The zero-order chi connectivity index (χ0) is 18.7. The summed E-state index contributed by atoms with van der Waals surface area (Å²) >= 11 is 6.08. The van der Waals surface area contributed by atoms with Gasteiger partial charge < -0.3 is 10.1 Å². The smallest absolute Gasteiger partial charge is 0.278 e. The highest BCUT2D eigenvalue weighted by atomic mass is 35.5. The van der Waals surface area contributed by atoms with E-state index in [4.69, 9.17) is 16.3 Å². The van der Waals surface area contributed by atoms with Gasteiger partial charge in [0.2, 0.25) is 5.91 Å². The minimum Gasteiger partial charge on any atom is -0.495 e. The molecule has 2 aromatic carbocycles. The van der Waals surface area contributed by atoms with Gasteiger partial charge in [-0.25, -0.2) is 0 Å². The van der Waals surface area contributed by atoms with Crippen molar-refractivity contribution >= 4 is 34.1 Å². The minimum atomic E-state index is -0.791. The molecule has 0 spiro atoms. The average Bonchev–Trinajstić information content (AvgIpc) is 2.64. The molecule has 26 heavy (non-hydrogen) atoms. The van der Waals surface area contributed by atoms with E-state index in [1.165, 1.54) is 7.11 Å². The van der Waals surface area contributed by atoms with Gasteiger partial charge >= 0.3 is 0 Å². The third-order valence-corrected chi connectivity index (χ3v) is 4.29. The van der Waals surface area contributed by atoms with Crippen LogP contribution in [0.15, 0.2) is 47.3 Å². The van der Waals surface area contributed by atoms with E-state index >= 15 is 0 Å². The summed E-state index contributed by atoms with van der Waals surface area (Å²) in [5, 5.41) is 11.5. The van der Waals surface area contributed by atoms with Crippen LogP contribution < -0.4 is 15.6 Å². The van der Waals surface area contributed by atoms with E-state index in [9.17, 15) is 9.59 Å². The van der Waals surface area contributed by atoms with Gasteiger partial charge in [0.05, 0.1) is 17.5 Å². The second-order valence-electron chi connectivity index (χ2n) is 5.62. The Labute approximate surface area is 154 Å². The number of methoxy groups -OCH3 is 1. The fourth-order valence-electron chi connectivity index (χ4n) is 2.65. The quantitative estimate of drug-likeness (QED) is 0.743. The molecule has 0 fully saturated rings. The second-order valence-corrected chi connectivity index (χ2v) is 6.03. The molecule has 1 unspecified atom stereocenters. The normalized spacial score (nSPS) is 12.0. The number of halogens is 1. The Morgan fingerprint density at radius 3 is 2.77 bits per heavy atom. The number of fused-ring (bicyclic) bond motifs is 1. The van der Waals surface area contributed by atoms with Gasteiger partial charge in [0.15, 0.2) is 0 Å². The van der Waals surface area contributed by atoms with Gasteiger partial charge in [-0.15, -0.1) is 5.10 Å². The molecule has 1 amide bonds. The highest BCUT2D eigenvalue weighted by molar-refractivity contribution is 6.32. The van der Waals surface area contributed by atoms with Crippen molar-refractivity contribution in [3.05, 3.63) is 57.8 Å². The molecule has 8 heteroatoms. The largest absolute Gasteiger partial charge is 0.495 e. The Morgan fingerprint density at radius 1 is 1.31 bits per heavy atom. The first-order chi connectivity index (χ1) is 12.5. The number of hydrogen-bond acceptors (Lipinski definition) is 5. The summed E-state index contributed by atoms with van der Waals surface area (Å²) in [7, 11) is 1.51. The predicted octanol–water partition coefficient (Wildman–Crippen LogP) is 3.04. The topological polar surface area (TPSA) is 86.1 Å². The van der Waals surface area contributed by atoms with Crippen LogP contribution >= 0.6 is 11.6 Å². The van der Waals surface area contributed by atoms with E-state index < -0.39 is 6.04 Å². The summed E-state index contributed by atoms with van der Waals surface area (Å²) in [6.45, 7) is 1.80. The number of carbonyl (C=O) groups excluding carboxylic acids is 1. The van der Waals surface area contributed by atoms with Crippen molar-refractivity contribution in [2.24, 2.45) is 0 Å². The fourth-order valence-corrected chi connectivity index (χ4v) is 2.90. The maximum atomic E-state index is 12.7. The van der Waals surface area contributed by atoms with E-state index in [-0.39, 0.29) is 11.5 Å². The summed E-state index contributed by atoms with van der Waals surface area (Å²) in [6.07, 6.45) is 0.378. The Hall–Kier alpha value is -2.93. The lowest BCUT2D eigenvalue weighted by atomic mass is 10.2. The number of rotatable bonds is 5. The van der Waals surface area contributed by atoms with Crippen LogP contribution in [-0.4, -0.2) is 28.0 Å². The van der Waals surface area contributed by atoms with Crippen LogP contribution in [0.2, 0.25) is 5.02 Å². The van der Waals surface area contributed by atoms with E-state index in [1.54, 1.807) is 49.4 Å². The van der Waals surface area contributed by atoms with Crippen molar-refractivity contribution in [2.75, 3.05) is 12.4 Å². The number of amides is 1. The number of carbonyl (C=O) groups is 1. The highest BCUT2D eigenvalue weighted by Crippen LogP contribution is 2.27. The Morgan fingerprint density at radius 2 is 2.08 bits per heavy atom. The molecule has 1 N–H and O–H groups in total. The number of nitrogens with one attached hydrogen (secondary N) is 1. The molecule has 1 atom stereocenters. The third-order valence-electron chi connectivity index (χ3n) is 4.00. The number of anilines is 1. The number of nitrogens with zero attached hydrogens (tertiary/aromatic N) is 3. The molecule has 0 saturated carbocycles. The van der Waals surface area contributed by atoms with Gasteiger partial charge in [-0.3, -0.25) is 9.59 Å². The van der Waals surface area contributed by atoms with Crippen molar-refractivity contribution in [1.29, 1.82) is 0 Å². The number of benzene rings is 2. The summed E-state index contributed by atoms with van der Waals surface area (Å²) in [5.74, 6) is 0.133. The average molecular weight is 373 g/mol. The number of hydrogen-bond donors (Lipinski definition) is 1. The van der Waals surface area contributed by atoms with Gasteiger partial charge in [-0.05, 0) is 36.8 Å². The lowest BCUT2D eigenvalue weighted by molar-refractivity contribution is -0.119. The Kier molecular flexibility index (Phi) is 5.18. The molecule has 1 heterocycles. The maximum Gasteiger partial charge on any atom is 0.278 e. The van der Waals surface area contributed by atoms with E-state index in [0.717, 1.165) is 4.68 Å². The molecule has 0 bridgehead atoms. The van der Waals surface area contributed by atoms with Crippen LogP contribution in [0.4, 0.5) is 5.69 Å². The maximum absolute atomic E-state index is 12.7. The lowest BCUT2D eigenvalue weighted by Crippen LogP contribution is -2.35. The summed E-state index contributed by atoms with van der Waals surface area (Å²) in [6, 6.07) is 11.0. The highest BCUT2D eigenvalue weighted by Gasteiger charge is 2.22. The van der Waals surface area contributed by atoms with Crippen LogP contribution in [0.25, 0.3) is 10.9 Å². The first kappa shape index (κ1) is 17.9. The first-order valence-electron chi connectivity index (χ1n) is 8.03. The van der Waals surface area contributed by atoms with Crippen LogP contribution in [0, 0.1) is 0 Å². The molecular weight excluding hydrogens is 356 g/mol. The SMILES string of the molecule is CCC(C(=O)Nc1ccc(OC)c(Cl)c1)n1nnc2ccccc2c1=O. The van der Waals surface area contributed by atoms with E-state index in [0.29, 0.717) is 33.8 Å². The molecular formula is C18H17ClN4O3. The molecule has 0 saturated heterocycles. The zero-order valence-corrected chi connectivity index (χ0v) is 15.0. The van der Waals surface area contributed by atoms with Crippen LogP contribution in [0.3, 0.4) is 0 Å². The Bertz CT molecular complexity index is 1020. The van der Waals surface area contributed by atoms with Crippen molar-refractivity contribution < 1.29 is 9.53 Å². The van der Waals surface area contributed by atoms with Gasteiger partial charge in [0.1, 0.15) is 17.3 Å². The first-order valence-corrected chi connectivity index (χ1v) is 8.41. The number of aromatic nitrogens is 3. The van der Waals surface area contributed by atoms with Crippen LogP contribution in [0.5, 0.6) is 5.75 Å². The van der Waals surface area contributed by atoms with Gasteiger partial charge in [-0.1, -0.05) is 35.9 Å². The van der Waals surface area contributed by atoms with Gasteiger partial charge in [0.25, 0.3) is 5.56 Å². The van der Waals surface area contributed by atoms with Crippen molar-refractivity contribution in [3.8, 4) is 5.75 Å². The van der Waals surface area contributed by atoms with Crippen LogP contribution in [-0.2, 0) is 4.79 Å². The van der Waals surface area contributed by atoms with Crippen molar-refractivity contribution in [2.45, 2.75) is 19.4 Å². The fraction of sp³-hybridized carbons (Fsp3) is 0.222. The van der Waals surface area contributed by atoms with Crippen molar-refractivity contribution in [1.82, 2.24) is 15.0 Å². The molecule has 0 radical (unpaired) electrons. The lowest BCUT2D eigenvalue weighted by Gasteiger charge is -2.16. The zero-order valence-electron chi connectivity index (χ0n) is 14.3. The Balaban J connectivity index is 1.91. The molecule has 1 aromatic heterocycles. The van der Waals surface area contributed by atoms with Crippen LogP contribution in [0.1, 0.15) is 19.4 Å². The third kappa shape index (κ3) is 3.39. The predicted molar refractivity (Wildman–Crippen MR) is 99.8 cm³/mol. The molecule has 0 aliphatic rings. The molecule has 134 valence electrons. The molecule has 3 aromatic rings. The van der Waals surface area contributed by atoms with Gasteiger partial charge in [-0.2, -0.15) is 4.68 Å². The monoisotopic (exact) mass is 372 g/mol. The summed E-state index contributed by atoms with van der Waals surface area (Å²) in [5.41, 5.74) is 0.636. The number of ether oxygens (including phenoxy) is 1. The molecule has 0 aliphatic carbocycles. The van der Waals surface area contributed by atoms with Crippen molar-refractivity contribution in [3.63, 3.8) is 0 Å². The second kappa shape index (κ2) is 7.53. The standard InChI is InChI=1S/C18H17ClN4O3/c1-3-15(17(24)20-11-8-9-16(26-2)13(19)10-11)23-18(25)12-6-4-5-7-14(12)21-22-23/h4-10,15H,3H2,1-2H3,(H,20,24).